The molecular weight excluding hydrogens is 346 g/mol. The third-order valence-corrected chi connectivity index (χ3v) is 4.27. The maximum Gasteiger partial charge on any atom is 0.248 e. The summed E-state index contributed by atoms with van der Waals surface area (Å²) in [5.41, 5.74) is 4.43. The van der Waals surface area contributed by atoms with Crippen molar-refractivity contribution in [2.45, 2.75) is 0 Å². The molecule has 0 spiro atoms. The predicted molar refractivity (Wildman–Crippen MR) is 113 cm³/mol. The second-order valence-corrected chi connectivity index (χ2v) is 6.27. The summed E-state index contributed by atoms with van der Waals surface area (Å²) in [7, 11) is 0. The number of hydrogen-bond donors (Lipinski definition) is 1. The summed E-state index contributed by atoms with van der Waals surface area (Å²) < 4.78 is 1.83. The molecule has 0 saturated carbocycles. The van der Waals surface area contributed by atoms with Crippen molar-refractivity contribution >= 4 is 17.7 Å². The van der Waals surface area contributed by atoms with Crippen LogP contribution in [0.1, 0.15) is 5.56 Å². The van der Waals surface area contributed by atoms with E-state index in [1.54, 1.807) is 6.08 Å². The van der Waals surface area contributed by atoms with Gasteiger partial charge in [0.1, 0.15) is 0 Å². The average molecular weight is 365 g/mol. The first-order chi connectivity index (χ1) is 13.8. The molecule has 0 aliphatic rings. The van der Waals surface area contributed by atoms with Crippen LogP contribution in [-0.2, 0) is 4.79 Å². The van der Waals surface area contributed by atoms with Crippen molar-refractivity contribution in [3.63, 3.8) is 0 Å². The Morgan fingerprint density at radius 3 is 2.11 bits per heavy atom. The predicted octanol–water partition coefficient (Wildman–Crippen LogP) is 5.19. The van der Waals surface area contributed by atoms with Gasteiger partial charge in [-0.15, -0.1) is 0 Å². The zero-order valence-electron chi connectivity index (χ0n) is 15.2. The Kier molecular flexibility index (Phi) is 5.11. The van der Waals surface area contributed by atoms with Crippen LogP contribution in [0.25, 0.3) is 23.0 Å². The number of amides is 1. The molecule has 4 heteroatoms. The maximum absolute atomic E-state index is 12.3. The molecule has 4 rings (SSSR count). The van der Waals surface area contributed by atoms with E-state index in [9.17, 15) is 4.79 Å². The summed E-state index contributed by atoms with van der Waals surface area (Å²) in [6, 6.07) is 29.3. The molecule has 0 atom stereocenters. The lowest BCUT2D eigenvalue weighted by molar-refractivity contribution is -0.111. The molecule has 0 bridgehead atoms. The SMILES string of the molecule is O=C(/C=C/c1cn(-c2ccccc2)nc1-c1ccccc1)Nc1ccccc1. The van der Waals surface area contributed by atoms with Crippen molar-refractivity contribution in [2.24, 2.45) is 0 Å². The highest BCUT2D eigenvalue weighted by molar-refractivity contribution is 6.02. The highest BCUT2D eigenvalue weighted by Crippen LogP contribution is 2.24. The monoisotopic (exact) mass is 365 g/mol. The minimum absolute atomic E-state index is 0.183. The molecule has 136 valence electrons. The van der Waals surface area contributed by atoms with Crippen LogP contribution in [0.3, 0.4) is 0 Å². The fraction of sp³-hybridized carbons (Fsp3) is 0. The van der Waals surface area contributed by atoms with Gasteiger partial charge in [0, 0.05) is 29.1 Å². The number of carbonyl (C=O) groups is 1. The van der Waals surface area contributed by atoms with Gasteiger partial charge in [0.2, 0.25) is 5.91 Å². The van der Waals surface area contributed by atoms with Gasteiger partial charge >= 0.3 is 0 Å². The average Bonchev–Trinajstić information content (AvgIpc) is 3.19. The number of nitrogens with one attached hydrogen (secondary N) is 1. The molecule has 0 aliphatic heterocycles. The van der Waals surface area contributed by atoms with Crippen LogP contribution in [0, 0.1) is 0 Å². The zero-order chi connectivity index (χ0) is 19.2. The topological polar surface area (TPSA) is 46.9 Å². The van der Waals surface area contributed by atoms with E-state index in [0.29, 0.717) is 0 Å². The third kappa shape index (κ3) is 4.07. The fourth-order valence-electron chi connectivity index (χ4n) is 2.91. The number of rotatable bonds is 5. The molecule has 0 radical (unpaired) electrons. The highest BCUT2D eigenvalue weighted by Gasteiger charge is 2.10. The van der Waals surface area contributed by atoms with E-state index < -0.39 is 0 Å². The minimum Gasteiger partial charge on any atom is -0.323 e. The van der Waals surface area contributed by atoms with Crippen molar-refractivity contribution in [3.8, 4) is 16.9 Å². The van der Waals surface area contributed by atoms with E-state index in [1.165, 1.54) is 6.08 Å². The number of carbonyl (C=O) groups excluding carboxylic acids is 1. The fourth-order valence-corrected chi connectivity index (χ4v) is 2.91. The Labute approximate surface area is 163 Å². The summed E-state index contributed by atoms with van der Waals surface area (Å²) >= 11 is 0. The van der Waals surface area contributed by atoms with Crippen LogP contribution < -0.4 is 5.32 Å². The number of hydrogen-bond acceptors (Lipinski definition) is 2. The lowest BCUT2D eigenvalue weighted by Crippen LogP contribution is -2.07. The lowest BCUT2D eigenvalue weighted by Gasteiger charge is -2.01. The van der Waals surface area contributed by atoms with E-state index in [2.05, 4.69) is 5.32 Å². The largest absolute Gasteiger partial charge is 0.323 e. The van der Waals surface area contributed by atoms with Crippen molar-refractivity contribution in [1.29, 1.82) is 0 Å². The summed E-state index contributed by atoms with van der Waals surface area (Å²) in [5.74, 6) is -0.183. The molecular formula is C24H19N3O. The van der Waals surface area contributed by atoms with E-state index in [-0.39, 0.29) is 5.91 Å². The quantitative estimate of drug-likeness (QED) is 0.495. The van der Waals surface area contributed by atoms with Gasteiger partial charge < -0.3 is 5.32 Å². The van der Waals surface area contributed by atoms with Crippen LogP contribution in [0.2, 0.25) is 0 Å². The van der Waals surface area contributed by atoms with Gasteiger partial charge in [-0.05, 0) is 30.3 Å². The summed E-state index contributed by atoms with van der Waals surface area (Å²) in [6.45, 7) is 0. The summed E-state index contributed by atoms with van der Waals surface area (Å²) in [4.78, 5) is 12.3. The van der Waals surface area contributed by atoms with Gasteiger partial charge in [0.25, 0.3) is 0 Å². The Hall–Kier alpha value is -3.92. The molecule has 4 aromatic rings. The second-order valence-electron chi connectivity index (χ2n) is 6.27. The molecule has 0 fully saturated rings. The highest BCUT2D eigenvalue weighted by atomic mass is 16.1. The van der Waals surface area contributed by atoms with Gasteiger partial charge in [-0.25, -0.2) is 4.68 Å². The van der Waals surface area contributed by atoms with Gasteiger partial charge in [-0.1, -0.05) is 66.7 Å². The second kappa shape index (κ2) is 8.18. The smallest absolute Gasteiger partial charge is 0.248 e. The molecule has 28 heavy (non-hydrogen) atoms. The van der Waals surface area contributed by atoms with E-state index in [4.69, 9.17) is 5.10 Å². The minimum atomic E-state index is -0.183. The van der Waals surface area contributed by atoms with Crippen LogP contribution >= 0.6 is 0 Å². The third-order valence-electron chi connectivity index (χ3n) is 4.27. The maximum atomic E-state index is 12.3. The lowest BCUT2D eigenvalue weighted by atomic mass is 10.1. The molecule has 0 unspecified atom stereocenters. The van der Waals surface area contributed by atoms with Crippen LogP contribution in [0.15, 0.2) is 103 Å². The van der Waals surface area contributed by atoms with Crippen molar-refractivity contribution in [3.05, 3.63) is 109 Å². The van der Waals surface area contributed by atoms with E-state index >= 15 is 0 Å². The molecule has 1 heterocycles. The standard InChI is InChI=1S/C24H19N3O/c28-23(25-21-12-6-2-7-13-21)17-16-20-18-27(22-14-8-3-9-15-22)26-24(20)19-10-4-1-5-11-19/h1-18H,(H,25,28)/b17-16+. The van der Waals surface area contributed by atoms with Crippen molar-refractivity contribution in [1.82, 2.24) is 9.78 Å². The van der Waals surface area contributed by atoms with E-state index in [1.807, 2.05) is 102 Å². The van der Waals surface area contributed by atoms with Gasteiger partial charge in [-0.3, -0.25) is 4.79 Å². The number of benzene rings is 3. The van der Waals surface area contributed by atoms with Gasteiger partial charge in [0.05, 0.1) is 11.4 Å². The number of para-hydroxylation sites is 2. The van der Waals surface area contributed by atoms with Crippen LogP contribution in [0.4, 0.5) is 5.69 Å². The van der Waals surface area contributed by atoms with Crippen molar-refractivity contribution < 1.29 is 4.79 Å². The summed E-state index contributed by atoms with van der Waals surface area (Å²) in [6.07, 6.45) is 5.27. The molecule has 4 nitrogen and oxygen atoms in total. The number of nitrogens with zero attached hydrogens (tertiary/aromatic N) is 2. The Morgan fingerprint density at radius 2 is 1.43 bits per heavy atom. The van der Waals surface area contributed by atoms with Gasteiger partial charge in [0.15, 0.2) is 0 Å². The first-order valence-corrected chi connectivity index (χ1v) is 9.04. The zero-order valence-corrected chi connectivity index (χ0v) is 15.2. The van der Waals surface area contributed by atoms with Crippen molar-refractivity contribution in [2.75, 3.05) is 5.32 Å². The first-order valence-electron chi connectivity index (χ1n) is 9.04. The Morgan fingerprint density at radius 1 is 0.821 bits per heavy atom. The first kappa shape index (κ1) is 17.5. The molecule has 3 aromatic carbocycles. The number of aromatic nitrogens is 2. The van der Waals surface area contributed by atoms with Crippen LogP contribution in [0.5, 0.6) is 0 Å². The Bertz CT molecular complexity index is 1080. The van der Waals surface area contributed by atoms with Gasteiger partial charge in [-0.2, -0.15) is 5.10 Å². The van der Waals surface area contributed by atoms with Crippen LogP contribution in [-0.4, -0.2) is 15.7 Å². The molecule has 1 N–H and O–H groups in total. The number of anilines is 1. The van der Waals surface area contributed by atoms with E-state index in [0.717, 1.165) is 28.2 Å². The normalized spacial score (nSPS) is 10.9. The Balaban J connectivity index is 1.65. The summed E-state index contributed by atoms with van der Waals surface area (Å²) in [5, 5.41) is 7.60. The molecule has 1 aromatic heterocycles. The molecule has 1 amide bonds. The molecule has 0 aliphatic carbocycles. The molecule has 0 saturated heterocycles.